The van der Waals surface area contributed by atoms with Crippen LogP contribution in [0.25, 0.3) is 0 Å². The number of likely N-dealkylation sites (tertiary alicyclic amines) is 1. The van der Waals surface area contributed by atoms with Crippen LogP contribution in [0.15, 0.2) is 17.1 Å². The van der Waals surface area contributed by atoms with Crippen LogP contribution in [0.5, 0.6) is 0 Å². The summed E-state index contributed by atoms with van der Waals surface area (Å²) in [5.74, 6) is 0.284. The SMILES string of the molecule is Cc1ccn(CCC(C)C)c(=O)c1C(=O)NCCN1CCCC1. The van der Waals surface area contributed by atoms with Crippen LogP contribution in [0.3, 0.4) is 0 Å². The quantitative estimate of drug-likeness (QED) is 0.836. The summed E-state index contributed by atoms with van der Waals surface area (Å²) in [6.07, 6.45) is 5.21. The summed E-state index contributed by atoms with van der Waals surface area (Å²) < 4.78 is 1.66. The normalized spacial score (nSPS) is 15.3. The van der Waals surface area contributed by atoms with Gasteiger partial charge in [-0.05, 0) is 56.8 Å². The van der Waals surface area contributed by atoms with Crippen molar-refractivity contribution in [2.75, 3.05) is 26.2 Å². The molecule has 5 nitrogen and oxygen atoms in total. The predicted molar refractivity (Wildman–Crippen MR) is 92.9 cm³/mol. The zero-order valence-electron chi connectivity index (χ0n) is 14.6. The molecule has 1 aromatic rings. The molecule has 23 heavy (non-hydrogen) atoms. The van der Waals surface area contributed by atoms with Crippen molar-refractivity contribution in [1.29, 1.82) is 0 Å². The summed E-state index contributed by atoms with van der Waals surface area (Å²) in [5.41, 5.74) is 0.858. The molecule has 1 aromatic heterocycles. The Bertz CT molecular complexity index is 586. The molecule has 1 aliphatic rings. The molecule has 1 saturated heterocycles. The molecule has 0 spiro atoms. The predicted octanol–water partition coefficient (Wildman–Crippen LogP) is 2.03. The summed E-state index contributed by atoms with van der Waals surface area (Å²) in [5, 5.41) is 2.91. The Kier molecular flexibility index (Phi) is 6.39. The Labute approximate surface area is 138 Å². The van der Waals surface area contributed by atoms with Gasteiger partial charge in [-0.15, -0.1) is 0 Å². The molecule has 1 N–H and O–H groups in total. The molecule has 2 rings (SSSR count). The largest absolute Gasteiger partial charge is 0.351 e. The van der Waals surface area contributed by atoms with E-state index in [0.717, 1.165) is 31.6 Å². The first kappa shape index (κ1) is 17.7. The van der Waals surface area contributed by atoms with Crippen molar-refractivity contribution < 1.29 is 4.79 Å². The Morgan fingerprint density at radius 2 is 1.96 bits per heavy atom. The summed E-state index contributed by atoms with van der Waals surface area (Å²) >= 11 is 0. The van der Waals surface area contributed by atoms with Crippen molar-refractivity contribution in [3.63, 3.8) is 0 Å². The minimum atomic E-state index is -0.245. The number of nitrogens with zero attached hydrogens (tertiary/aromatic N) is 2. The van der Waals surface area contributed by atoms with E-state index in [4.69, 9.17) is 0 Å². The monoisotopic (exact) mass is 319 g/mol. The van der Waals surface area contributed by atoms with E-state index in [2.05, 4.69) is 24.1 Å². The van der Waals surface area contributed by atoms with E-state index in [0.29, 0.717) is 19.0 Å². The van der Waals surface area contributed by atoms with Gasteiger partial charge < -0.3 is 14.8 Å². The van der Waals surface area contributed by atoms with Crippen molar-refractivity contribution in [2.45, 2.75) is 46.6 Å². The minimum absolute atomic E-state index is 0.177. The van der Waals surface area contributed by atoms with Crippen molar-refractivity contribution in [3.8, 4) is 0 Å². The molecular weight excluding hydrogens is 290 g/mol. The lowest BCUT2D eigenvalue weighted by molar-refractivity contribution is 0.0947. The molecule has 1 aliphatic heterocycles. The van der Waals surface area contributed by atoms with Gasteiger partial charge in [0.05, 0.1) is 0 Å². The second kappa shape index (κ2) is 8.29. The number of aryl methyl sites for hydroxylation is 2. The first-order valence-corrected chi connectivity index (χ1v) is 8.69. The van der Waals surface area contributed by atoms with Crippen LogP contribution >= 0.6 is 0 Å². The maximum Gasteiger partial charge on any atom is 0.263 e. The molecule has 0 saturated carbocycles. The first-order chi connectivity index (χ1) is 11.0. The molecule has 1 amide bonds. The fourth-order valence-electron chi connectivity index (χ4n) is 2.94. The highest BCUT2D eigenvalue weighted by molar-refractivity contribution is 5.95. The van der Waals surface area contributed by atoms with Crippen molar-refractivity contribution in [3.05, 3.63) is 33.7 Å². The van der Waals surface area contributed by atoms with Crippen molar-refractivity contribution in [1.82, 2.24) is 14.8 Å². The summed E-state index contributed by atoms with van der Waals surface area (Å²) in [6.45, 7) is 10.4. The Balaban J connectivity index is 2.00. The minimum Gasteiger partial charge on any atom is -0.351 e. The molecule has 0 bridgehead atoms. The number of carbonyl (C=O) groups is 1. The Hall–Kier alpha value is -1.62. The lowest BCUT2D eigenvalue weighted by Crippen LogP contribution is -2.38. The second-order valence-corrected chi connectivity index (χ2v) is 6.86. The standard InChI is InChI=1S/C18H29N3O2/c1-14(2)6-11-21-12-7-15(3)16(18(21)23)17(22)19-8-13-20-9-4-5-10-20/h7,12,14H,4-6,8-11,13H2,1-3H3,(H,19,22). The topological polar surface area (TPSA) is 54.3 Å². The number of hydrogen-bond acceptors (Lipinski definition) is 3. The highest BCUT2D eigenvalue weighted by atomic mass is 16.2. The third-order valence-electron chi connectivity index (χ3n) is 4.46. The number of aromatic nitrogens is 1. The smallest absolute Gasteiger partial charge is 0.263 e. The molecule has 5 heteroatoms. The number of hydrogen-bond donors (Lipinski definition) is 1. The fourth-order valence-corrected chi connectivity index (χ4v) is 2.94. The van der Waals surface area contributed by atoms with Gasteiger partial charge in [-0.2, -0.15) is 0 Å². The summed E-state index contributed by atoms with van der Waals surface area (Å²) in [4.78, 5) is 27.3. The Morgan fingerprint density at radius 3 is 2.61 bits per heavy atom. The van der Waals surface area contributed by atoms with E-state index in [9.17, 15) is 9.59 Å². The van der Waals surface area contributed by atoms with Gasteiger partial charge in [0.2, 0.25) is 0 Å². The molecule has 0 aliphatic carbocycles. The summed E-state index contributed by atoms with van der Waals surface area (Å²) in [6, 6.07) is 1.86. The van der Waals surface area contributed by atoms with Crippen molar-refractivity contribution >= 4 is 5.91 Å². The van der Waals surface area contributed by atoms with Gasteiger partial charge >= 0.3 is 0 Å². The van der Waals surface area contributed by atoms with E-state index < -0.39 is 0 Å². The van der Waals surface area contributed by atoms with Gasteiger partial charge in [-0.25, -0.2) is 0 Å². The first-order valence-electron chi connectivity index (χ1n) is 8.69. The van der Waals surface area contributed by atoms with E-state index in [1.165, 1.54) is 12.8 Å². The lowest BCUT2D eigenvalue weighted by Gasteiger charge is -2.15. The third-order valence-corrected chi connectivity index (χ3v) is 4.46. The van der Waals surface area contributed by atoms with Gasteiger partial charge in [0, 0.05) is 25.8 Å². The molecule has 0 atom stereocenters. The van der Waals surface area contributed by atoms with Crippen LogP contribution < -0.4 is 10.9 Å². The van der Waals surface area contributed by atoms with Crippen LogP contribution in [0.2, 0.25) is 0 Å². The number of nitrogens with one attached hydrogen (secondary N) is 1. The van der Waals surface area contributed by atoms with Crippen LogP contribution in [0.1, 0.15) is 49.0 Å². The highest BCUT2D eigenvalue weighted by Gasteiger charge is 2.16. The second-order valence-electron chi connectivity index (χ2n) is 6.86. The molecule has 128 valence electrons. The molecule has 0 aromatic carbocycles. The fraction of sp³-hybridized carbons (Fsp3) is 0.667. The van der Waals surface area contributed by atoms with Gasteiger partial charge in [-0.1, -0.05) is 13.8 Å². The summed E-state index contributed by atoms with van der Waals surface area (Å²) in [7, 11) is 0. The van der Waals surface area contributed by atoms with Crippen LogP contribution in [-0.4, -0.2) is 41.6 Å². The molecular formula is C18H29N3O2. The average Bonchev–Trinajstić information content (AvgIpc) is 2.99. The Morgan fingerprint density at radius 1 is 1.26 bits per heavy atom. The number of rotatable bonds is 7. The number of amides is 1. The maximum atomic E-state index is 12.6. The van der Waals surface area contributed by atoms with Gasteiger partial charge in [0.1, 0.15) is 5.56 Å². The van der Waals surface area contributed by atoms with Crippen LogP contribution in [0.4, 0.5) is 0 Å². The lowest BCUT2D eigenvalue weighted by atomic mass is 10.1. The zero-order valence-corrected chi connectivity index (χ0v) is 14.6. The number of pyridine rings is 1. The van der Waals surface area contributed by atoms with Crippen LogP contribution in [-0.2, 0) is 6.54 Å². The maximum absolute atomic E-state index is 12.6. The third kappa shape index (κ3) is 4.93. The highest BCUT2D eigenvalue weighted by Crippen LogP contribution is 2.07. The van der Waals surface area contributed by atoms with Crippen molar-refractivity contribution in [2.24, 2.45) is 5.92 Å². The van der Waals surface area contributed by atoms with Gasteiger partial charge in [0.25, 0.3) is 11.5 Å². The van der Waals surface area contributed by atoms with E-state index in [1.54, 1.807) is 10.8 Å². The average molecular weight is 319 g/mol. The van der Waals surface area contributed by atoms with Gasteiger partial charge in [-0.3, -0.25) is 9.59 Å². The molecule has 0 radical (unpaired) electrons. The van der Waals surface area contributed by atoms with Gasteiger partial charge in [0.15, 0.2) is 0 Å². The molecule has 1 fully saturated rings. The number of carbonyl (C=O) groups excluding carboxylic acids is 1. The van der Waals surface area contributed by atoms with E-state index in [1.807, 2.05) is 13.0 Å². The van der Waals surface area contributed by atoms with Crippen LogP contribution in [0, 0.1) is 12.8 Å². The molecule has 2 heterocycles. The van der Waals surface area contributed by atoms with E-state index in [-0.39, 0.29) is 17.0 Å². The zero-order chi connectivity index (χ0) is 16.8. The van der Waals surface area contributed by atoms with E-state index >= 15 is 0 Å². The molecule has 0 unspecified atom stereocenters.